The largest absolute Gasteiger partial charge is 0.462 e. The lowest BCUT2D eigenvalue weighted by atomic mass is 10.1. The molecule has 0 fully saturated rings. The van der Waals surface area contributed by atoms with Crippen molar-refractivity contribution < 1.29 is 23.8 Å². The van der Waals surface area contributed by atoms with Crippen LogP contribution >= 0.6 is 0 Å². The number of hydrogen-bond donors (Lipinski definition) is 0. The van der Waals surface area contributed by atoms with Gasteiger partial charge < -0.3 is 19.1 Å². The lowest BCUT2D eigenvalue weighted by Gasteiger charge is -2.17. The van der Waals surface area contributed by atoms with Crippen molar-refractivity contribution in [2.45, 2.75) is 27.1 Å². The van der Waals surface area contributed by atoms with Crippen LogP contribution < -0.4 is 0 Å². The van der Waals surface area contributed by atoms with Gasteiger partial charge in [0, 0.05) is 33.5 Å². The highest BCUT2D eigenvalue weighted by atomic mass is 16.7. The summed E-state index contributed by atoms with van der Waals surface area (Å²) in [6, 6.07) is 0. The number of esters is 1. The molecule has 0 aliphatic rings. The Morgan fingerprint density at radius 3 is 1.95 bits per heavy atom. The summed E-state index contributed by atoms with van der Waals surface area (Å²) < 4.78 is 15.3. The molecule has 0 aliphatic heterocycles. The second kappa shape index (κ2) is 9.52. The number of nitrogens with zero attached hydrogens (tertiary/aromatic N) is 1. The van der Waals surface area contributed by atoms with Gasteiger partial charge >= 0.3 is 5.97 Å². The minimum atomic E-state index is -1.08. The van der Waals surface area contributed by atoms with Gasteiger partial charge in [0.25, 0.3) is 0 Å². The van der Waals surface area contributed by atoms with Crippen LogP contribution in [0.25, 0.3) is 0 Å². The Labute approximate surface area is 114 Å². The molecule has 0 spiro atoms. The summed E-state index contributed by atoms with van der Waals surface area (Å²) in [6.07, 6.45) is 0.330. The van der Waals surface area contributed by atoms with Crippen LogP contribution in [0.15, 0.2) is 11.8 Å². The van der Waals surface area contributed by atoms with Gasteiger partial charge in [-0.2, -0.15) is 0 Å². The molecule has 0 atom stereocenters. The van der Waals surface area contributed by atoms with Crippen molar-refractivity contribution in [1.29, 1.82) is 0 Å². The molecule has 0 saturated carbocycles. The highest BCUT2D eigenvalue weighted by Gasteiger charge is 2.28. The van der Waals surface area contributed by atoms with Crippen LogP contribution in [0, 0.1) is 0 Å². The molecule has 0 heterocycles. The second-order valence-electron chi connectivity index (χ2n) is 3.83. The van der Waals surface area contributed by atoms with Gasteiger partial charge in [-0.3, -0.25) is 4.79 Å². The second-order valence-corrected chi connectivity index (χ2v) is 3.83. The van der Waals surface area contributed by atoms with E-state index in [1.807, 2.05) is 0 Å². The van der Waals surface area contributed by atoms with Crippen molar-refractivity contribution in [3.8, 4) is 0 Å². The average molecular weight is 273 g/mol. The quantitative estimate of drug-likeness (QED) is 0.205. The maximum absolute atomic E-state index is 12.2. The van der Waals surface area contributed by atoms with Crippen molar-refractivity contribution in [2.24, 2.45) is 0 Å². The molecule has 0 amide bonds. The molecule has 0 bridgehead atoms. The molecule has 6 nitrogen and oxygen atoms in total. The van der Waals surface area contributed by atoms with E-state index in [9.17, 15) is 9.59 Å². The molecule has 0 aromatic heterocycles. The van der Waals surface area contributed by atoms with Crippen molar-refractivity contribution in [2.75, 3.05) is 33.9 Å². The van der Waals surface area contributed by atoms with Crippen LogP contribution in [0.4, 0.5) is 0 Å². The maximum atomic E-state index is 12.2. The van der Waals surface area contributed by atoms with Crippen molar-refractivity contribution in [1.82, 2.24) is 4.90 Å². The summed E-state index contributed by atoms with van der Waals surface area (Å²) >= 11 is 0. The fourth-order valence-corrected chi connectivity index (χ4v) is 1.31. The highest BCUT2D eigenvalue weighted by Crippen LogP contribution is 2.09. The summed E-state index contributed by atoms with van der Waals surface area (Å²) in [5.41, 5.74) is -0.0845. The van der Waals surface area contributed by atoms with Crippen LogP contribution in [0.2, 0.25) is 0 Å². The number of hydrogen-bond acceptors (Lipinski definition) is 6. The van der Waals surface area contributed by atoms with Crippen LogP contribution in [0.3, 0.4) is 0 Å². The average Bonchev–Trinajstić information content (AvgIpc) is 2.35. The smallest absolute Gasteiger partial charge is 0.343 e. The fraction of sp³-hybridized carbons (Fsp3) is 0.692. The van der Waals surface area contributed by atoms with Crippen LogP contribution in [-0.4, -0.2) is 56.9 Å². The number of Topliss-reactive ketones (excluding diaryl/α,β-unsaturated/α-hetero) is 1. The SMILES string of the molecule is CCOC(=O)C(=CN(C)C)C(=O)C(OCC)OCC. The van der Waals surface area contributed by atoms with Gasteiger partial charge in [-0.1, -0.05) is 0 Å². The van der Waals surface area contributed by atoms with Gasteiger partial charge in [-0.25, -0.2) is 4.79 Å². The van der Waals surface area contributed by atoms with Crippen LogP contribution in [0.5, 0.6) is 0 Å². The molecule has 0 N–H and O–H groups in total. The zero-order valence-electron chi connectivity index (χ0n) is 12.3. The predicted molar refractivity (Wildman–Crippen MR) is 70.5 cm³/mol. The van der Waals surface area contributed by atoms with E-state index in [1.165, 1.54) is 6.20 Å². The maximum Gasteiger partial charge on any atom is 0.343 e. The molecule has 0 aliphatic carbocycles. The Balaban J connectivity index is 5.12. The third kappa shape index (κ3) is 6.35. The van der Waals surface area contributed by atoms with E-state index >= 15 is 0 Å². The highest BCUT2D eigenvalue weighted by molar-refractivity contribution is 6.18. The molecular weight excluding hydrogens is 250 g/mol. The lowest BCUT2D eigenvalue weighted by Crippen LogP contribution is -2.33. The van der Waals surface area contributed by atoms with Crippen LogP contribution in [-0.2, 0) is 23.8 Å². The Morgan fingerprint density at radius 1 is 1.05 bits per heavy atom. The van der Waals surface area contributed by atoms with Crippen LogP contribution in [0.1, 0.15) is 20.8 Å². The van der Waals surface area contributed by atoms with Crippen molar-refractivity contribution >= 4 is 11.8 Å². The third-order valence-electron chi connectivity index (χ3n) is 2.00. The fourth-order valence-electron chi connectivity index (χ4n) is 1.31. The molecular formula is C13H23NO5. The van der Waals surface area contributed by atoms with Crippen molar-refractivity contribution in [3.05, 3.63) is 11.8 Å². The standard InChI is InChI=1S/C13H23NO5/c1-6-17-12(16)10(9-14(4)5)11(15)13(18-7-2)19-8-3/h9,13H,6-8H2,1-5H3. The molecule has 0 unspecified atom stereocenters. The van der Waals surface area contributed by atoms with Crippen molar-refractivity contribution in [3.63, 3.8) is 0 Å². The summed E-state index contributed by atoms with van der Waals surface area (Å²) in [7, 11) is 3.42. The van der Waals surface area contributed by atoms with Gasteiger partial charge in [0.1, 0.15) is 5.57 Å². The van der Waals surface area contributed by atoms with Gasteiger partial charge in [-0.05, 0) is 20.8 Å². The van der Waals surface area contributed by atoms with Gasteiger partial charge in [0.15, 0.2) is 0 Å². The number of carbonyl (C=O) groups excluding carboxylic acids is 2. The molecule has 0 radical (unpaired) electrons. The molecule has 0 saturated heterocycles. The summed E-state index contributed by atoms with van der Waals surface area (Å²) in [4.78, 5) is 25.6. The molecule has 110 valence electrons. The zero-order chi connectivity index (χ0) is 14.8. The Kier molecular flexibility index (Phi) is 8.82. The number of rotatable bonds is 9. The Bertz CT molecular complexity index is 319. The summed E-state index contributed by atoms with van der Waals surface area (Å²) in [6.45, 7) is 6.00. The van der Waals surface area contributed by atoms with Gasteiger partial charge in [0.05, 0.1) is 6.61 Å². The topological polar surface area (TPSA) is 65.1 Å². The van der Waals surface area contributed by atoms with Gasteiger partial charge in [-0.15, -0.1) is 0 Å². The zero-order valence-corrected chi connectivity index (χ0v) is 12.3. The van der Waals surface area contributed by atoms with E-state index in [2.05, 4.69) is 0 Å². The first kappa shape index (κ1) is 17.6. The number of carbonyl (C=O) groups is 2. The number of ketones is 1. The monoisotopic (exact) mass is 273 g/mol. The van der Waals surface area contributed by atoms with E-state index in [-0.39, 0.29) is 12.2 Å². The lowest BCUT2D eigenvalue weighted by molar-refractivity contribution is -0.166. The van der Waals surface area contributed by atoms with E-state index in [1.54, 1.807) is 39.8 Å². The normalized spacial score (nSPS) is 11.6. The first-order valence-electron chi connectivity index (χ1n) is 6.30. The molecule has 0 rings (SSSR count). The third-order valence-corrected chi connectivity index (χ3v) is 2.00. The van der Waals surface area contributed by atoms with Gasteiger partial charge in [0.2, 0.25) is 12.1 Å². The van der Waals surface area contributed by atoms with E-state index in [4.69, 9.17) is 14.2 Å². The molecule has 0 aromatic rings. The first-order valence-corrected chi connectivity index (χ1v) is 6.30. The summed E-state index contributed by atoms with van der Waals surface area (Å²) in [5, 5.41) is 0. The Morgan fingerprint density at radius 2 is 1.58 bits per heavy atom. The van der Waals surface area contributed by atoms with E-state index in [0.717, 1.165) is 0 Å². The number of ether oxygens (including phenoxy) is 3. The molecule has 19 heavy (non-hydrogen) atoms. The minimum absolute atomic E-state index is 0.0845. The molecule has 0 aromatic carbocycles. The summed E-state index contributed by atoms with van der Waals surface area (Å²) in [5.74, 6) is -1.21. The van der Waals surface area contributed by atoms with E-state index in [0.29, 0.717) is 13.2 Å². The minimum Gasteiger partial charge on any atom is -0.462 e. The molecule has 6 heteroatoms. The van der Waals surface area contributed by atoms with E-state index < -0.39 is 18.0 Å². The predicted octanol–water partition coefficient (Wildman–Crippen LogP) is 0.963. The first-order chi connectivity index (χ1) is 8.97. The Hall–Kier alpha value is -1.40.